The summed E-state index contributed by atoms with van der Waals surface area (Å²) in [7, 11) is 0. The molecule has 0 atom stereocenters. The lowest BCUT2D eigenvalue weighted by Crippen LogP contribution is -2.32. The molecule has 5 nitrogen and oxygen atoms in total. The van der Waals surface area contributed by atoms with Crippen LogP contribution in [0.5, 0.6) is 0 Å². The second kappa shape index (κ2) is 4.54. The minimum absolute atomic E-state index is 0.839. The Morgan fingerprint density at radius 3 is 2.64 bits per heavy atom. The first-order valence-electron chi connectivity index (χ1n) is 8.33. The number of benzene rings is 2. The minimum Gasteiger partial charge on any atom is -0.221 e. The zero-order valence-electron chi connectivity index (χ0n) is 13.4. The molecule has 5 heteroatoms. The average Bonchev–Trinajstić information content (AvgIpc) is 3.29. The Bertz CT molecular complexity index is 1260. The van der Waals surface area contributed by atoms with Crippen LogP contribution in [0.4, 0.5) is 0 Å². The highest BCUT2D eigenvalue weighted by Gasteiger charge is 2.36. The molecule has 6 rings (SSSR count). The van der Waals surface area contributed by atoms with Gasteiger partial charge in [0.15, 0.2) is 0 Å². The maximum atomic E-state index is 4.87. The van der Waals surface area contributed by atoms with E-state index < -0.39 is 0 Å². The number of hydrogen-bond donors (Lipinski definition) is 0. The average molecular weight is 324 g/mol. The van der Waals surface area contributed by atoms with Crippen molar-refractivity contribution in [1.29, 1.82) is 0 Å². The van der Waals surface area contributed by atoms with Crippen molar-refractivity contribution in [3.8, 4) is 17.1 Å². The SMILES string of the molecule is c1ccc(-n2c3[n+](c4c2nc2cccnn24)Cc2ccccc2-3)cc1. The normalized spacial score (nSPS) is 12.6. The molecule has 118 valence electrons. The molecule has 0 amide bonds. The van der Waals surface area contributed by atoms with Crippen LogP contribution in [0.1, 0.15) is 5.56 Å². The van der Waals surface area contributed by atoms with Crippen molar-refractivity contribution in [2.45, 2.75) is 6.54 Å². The van der Waals surface area contributed by atoms with Crippen LogP contribution in [0.15, 0.2) is 72.9 Å². The monoisotopic (exact) mass is 324 g/mol. The molecule has 2 aromatic carbocycles. The van der Waals surface area contributed by atoms with Gasteiger partial charge in [-0.05, 0) is 24.3 Å². The second-order valence-corrected chi connectivity index (χ2v) is 6.29. The third kappa shape index (κ3) is 1.59. The molecule has 25 heavy (non-hydrogen) atoms. The molecule has 0 unspecified atom stereocenters. The summed E-state index contributed by atoms with van der Waals surface area (Å²) >= 11 is 0. The van der Waals surface area contributed by atoms with E-state index >= 15 is 0 Å². The molecule has 0 N–H and O–H groups in total. The molecule has 1 aliphatic rings. The number of para-hydroxylation sites is 1. The van der Waals surface area contributed by atoms with Crippen LogP contribution in [0.25, 0.3) is 34.0 Å². The van der Waals surface area contributed by atoms with E-state index in [4.69, 9.17) is 4.98 Å². The van der Waals surface area contributed by atoms with Crippen molar-refractivity contribution in [2.24, 2.45) is 0 Å². The van der Waals surface area contributed by atoms with E-state index in [-0.39, 0.29) is 0 Å². The molecule has 0 bridgehead atoms. The van der Waals surface area contributed by atoms with E-state index in [0.29, 0.717) is 0 Å². The highest BCUT2D eigenvalue weighted by molar-refractivity contribution is 5.79. The smallest absolute Gasteiger partial charge is 0.221 e. The second-order valence-electron chi connectivity index (χ2n) is 6.29. The first kappa shape index (κ1) is 12.9. The number of aromatic nitrogens is 5. The van der Waals surface area contributed by atoms with Crippen LogP contribution in [0, 0.1) is 0 Å². The van der Waals surface area contributed by atoms with Crippen LogP contribution >= 0.6 is 0 Å². The number of nitrogens with zero attached hydrogens (tertiary/aromatic N) is 5. The predicted octanol–water partition coefficient (Wildman–Crippen LogP) is 2.99. The van der Waals surface area contributed by atoms with Crippen LogP contribution in [-0.4, -0.2) is 19.2 Å². The van der Waals surface area contributed by atoms with Gasteiger partial charge in [0.2, 0.25) is 11.5 Å². The third-order valence-electron chi connectivity index (χ3n) is 4.89. The summed E-state index contributed by atoms with van der Waals surface area (Å²) in [6, 6.07) is 22.9. The molecule has 0 spiro atoms. The highest BCUT2D eigenvalue weighted by Crippen LogP contribution is 2.33. The Hall–Kier alpha value is -3.47. The Balaban J connectivity index is 1.83. The van der Waals surface area contributed by atoms with Crippen molar-refractivity contribution in [2.75, 3.05) is 0 Å². The van der Waals surface area contributed by atoms with E-state index in [1.54, 1.807) is 0 Å². The van der Waals surface area contributed by atoms with Crippen molar-refractivity contribution >= 4 is 16.9 Å². The van der Waals surface area contributed by atoms with E-state index in [1.807, 2.05) is 28.9 Å². The molecule has 5 aromatic rings. The summed E-state index contributed by atoms with van der Waals surface area (Å²) < 4.78 is 6.50. The molecule has 1 aliphatic heterocycles. The summed E-state index contributed by atoms with van der Waals surface area (Å²) in [5.41, 5.74) is 6.54. The summed E-state index contributed by atoms with van der Waals surface area (Å²) in [5, 5.41) is 4.54. The van der Waals surface area contributed by atoms with Gasteiger partial charge in [0.05, 0.1) is 18.3 Å². The number of rotatable bonds is 1. The highest BCUT2D eigenvalue weighted by atomic mass is 15.4. The largest absolute Gasteiger partial charge is 0.315 e. The Kier molecular flexibility index (Phi) is 2.34. The van der Waals surface area contributed by atoms with Gasteiger partial charge >= 0.3 is 5.65 Å². The lowest BCUT2D eigenvalue weighted by atomic mass is 10.1. The van der Waals surface area contributed by atoms with Crippen LogP contribution in [-0.2, 0) is 6.54 Å². The molecule has 0 radical (unpaired) electrons. The van der Waals surface area contributed by atoms with Gasteiger partial charge in [0, 0.05) is 11.6 Å². The third-order valence-corrected chi connectivity index (χ3v) is 4.89. The lowest BCUT2D eigenvalue weighted by Gasteiger charge is -2.02. The molecule has 0 aliphatic carbocycles. The summed E-state index contributed by atoms with van der Waals surface area (Å²) in [6.07, 6.45) is 1.81. The minimum atomic E-state index is 0.839. The first-order chi connectivity index (χ1) is 12.4. The number of hydrogen-bond acceptors (Lipinski definition) is 2. The van der Waals surface area contributed by atoms with Gasteiger partial charge in [-0.3, -0.25) is 0 Å². The van der Waals surface area contributed by atoms with Crippen LogP contribution < -0.4 is 4.57 Å². The molecular weight excluding hydrogens is 310 g/mol. The maximum absolute atomic E-state index is 4.87. The lowest BCUT2D eigenvalue weighted by molar-refractivity contribution is -0.648. The van der Waals surface area contributed by atoms with E-state index in [0.717, 1.165) is 29.2 Å². The molecular formula is C20H14N5+. The van der Waals surface area contributed by atoms with E-state index in [9.17, 15) is 0 Å². The number of fused-ring (bicyclic) bond motifs is 7. The van der Waals surface area contributed by atoms with Crippen LogP contribution in [0.3, 0.4) is 0 Å². The molecule has 4 heterocycles. The van der Waals surface area contributed by atoms with Gasteiger partial charge in [-0.1, -0.05) is 36.4 Å². The quantitative estimate of drug-likeness (QED) is 0.436. The summed E-state index contributed by atoms with van der Waals surface area (Å²) in [4.78, 5) is 4.87. The van der Waals surface area contributed by atoms with Crippen molar-refractivity contribution in [3.05, 3.63) is 78.5 Å². The fraction of sp³-hybridized carbons (Fsp3) is 0.0500. The van der Waals surface area contributed by atoms with Crippen molar-refractivity contribution in [1.82, 2.24) is 19.2 Å². The molecule has 0 saturated heterocycles. The predicted molar refractivity (Wildman–Crippen MR) is 94.6 cm³/mol. The Morgan fingerprint density at radius 2 is 1.72 bits per heavy atom. The van der Waals surface area contributed by atoms with Gasteiger partial charge in [-0.15, -0.1) is 9.61 Å². The molecule has 3 aromatic heterocycles. The summed E-state index contributed by atoms with van der Waals surface area (Å²) in [5.74, 6) is 1.17. The van der Waals surface area contributed by atoms with Crippen molar-refractivity contribution in [3.63, 3.8) is 0 Å². The van der Waals surface area contributed by atoms with Gasteiger partial charge in [0.25, 0.3) is 5.65 Å². The first-order valence-corrected chi connectivity index (χ1v) is 8.33. The van der Waals surface area contributed by atoms with Gasteiger partial charge < -0.3 is 0 Å². The van der Waals surface area contributed by atoms with Crippen molar-refractivity contribution < 1.29 is 4.57 Å². The molecule has 0 fully saturated rings. The topological polar surface area (TPSA) is 39.0 Å². The van der Waals surface area contributed by atoms with Gasteiger partial charge in [0.1, 0.15) is 5.69 Å². The van der Waals surface area contributed by atoms with E-state index in [1.165, 1.54) is 17.0 Å². The Morgan fingerprint density at radius 1 is 0.880 bits per heavy atom. The van der Waals surface area contributed by atoms with Gasteiger partial charge in [-0.25, -0.2) is 9.13 Å². The zero-order chi connectivity index (χ0) is 16.4. The number of imidazole rings is 2. The standard InChI is InChI=1S/C20H14N5/c1-2-8-15(9-3-1)24-18-20(25-17(22-18)11-6-12-21-25)23-13-14-7-4-5-10-16(14)19(23)24/h1-12H,13H2/q+1. The van der Waals surface area contributed by atoms with Gasteiger partial charge in [-0.2, -0.15) is 4.98 Å². The van der Waals surface area contributed by atoms with Crippen LogP contribution in [0.2, 0.25) is 0 Å². The fourth-order valence-electron chi connectivity index (χ4n) is 3.86. The zero-order valence-corrected chi connectivity index (χ0v) is 13.4. The Labute approximate surface area is 143 Å². The maximum Gasteiger partial charge on any atom is 0.315 e. The summed E-state index contributed by atoms with van der Waals surface area (Å²) in [6.45, 7) is 0.839. The molecule has 0 saturated carbocycles. The fourth-order valence-corrected chi connectivity index (χ4v) is 3.86. The van der Waals surface area contributed by atoms with E-state index in [2.05, 4.69) is 62.8 Å².